The average Bonchev–Trinajstić information content (AvgIpc) is 2.61. The molecule has 0 amide bonds. The molecule has 6 nitrogen and oxygen atoms in total. The van der Waals surface area contributed by atoms with Gasteiger partial charge in [-0.3, -0.25) is 14.4 Å². The van der Waals surface area contributed by atoms with Crippen molar-refractivity contribution in [2.75, 3.05) is 0 Å². The fraction of sp³-hybridized carbons (Fsp3) is 0.773. The molecule has 0 aromatic rings. The summed E-state index contributed by atoms with van der Waals surface area (Å²) in [5.41, 5.74) is -0.139. The number of esters is 1. The van der Waals surface area contributed by atoms with Crippen molar-refractivity contribution in [1.82, 2.24) is 0 Å². The monoisotopic (exact) mass is 396 g/mol. The first-order chi connectivity index (χ1) is 12.9. The molecule has 2 N–H and O–H groups in total. The first-order valence-corrected chi connectivity index (χ1v) is 10.1. The minimum Gasteiger partial charge on any atom is -0.454 e. The van der Waals surface area contributed by atoms with Crippen molar-refractivity contribution in [1.29, 1.82) is 0 Å². The number of aliphatic hydroxyl groups is 2. The zero-order valence-corrected chi connectivity index (χ0v) is 18.0. The summed E-state index contributed by atoms with van der Waals surface area (Å²) in [7, 11) is 0. The smallest absolute Gasteiger partial charge is 0.309 e. The van der Waals surface area contributed by atoms with Crippen LogP contribution in [0.3, 0.4) is 0 Å². The van der Waals surface area contributed by atoms with E-state index in [1.165, 1.54) is 6.92 Å². The molecule has 0 radical (unpaired) electrons. The molecule has 0 aliphatic carbocycles. The van der Waals surface area contributed by atoms with Gasteiger partial charge in [0.25, 0.3) is 0 Å². The van der Waals surface area contributed by atoms with E-state index in [-0.39, 0.29) is 23.9 Å². The number of allylic oxidation sites excluding steroid dienone is 1. The predicted octanol–water partition coefficient (Wildman–Crippen LogP) is 2.99. The first-order valence-electron chi connectivity index (χ1n) is 10.1. The molecule has 0 saturated heterocycles. The van der Waals surface area contributed by atoms with E-state index in [9.17, 15) is 24.6 Å². The maximum absolute atomic E-state index is 12.9. The Balaban J connectivity index is 3.13. The van der Waals surface area contributed by atoms with E-state index < -0.39 is 35.6 Å². The number of hydrogen-bond donors (Lipinski definition) is 2. The minimum atomic E-state index is -1.27. The Bertz CT molecular complexity index is 606. The lowest BCUT2D eigenvalue weighted by atomic mass is 9.73. The van der Waals surface area contributed by atoms with Crippen LogP contribution in [0.1, 0.15) is 73.6 Å². The van der Waals surface area contributed by atoms with Crippen LogP contribution in [-0.4, -0.2) is 46.1 Å². The van der Waals surface area contributed by atoms with Crippen molar-refractivity contribution in [3.05, 3.63) is 11.6 Å². The maximum atomic E-state index is 12.9. The zero-order chi connectivity index (χ0) is 21.6. The molecule has 0 bridgehead atoms. The van der Waals surface area contributed by atoms with Gasteiger partial charge in [-0.2, -0.15) is 0 Å². The normalized spacial score (nSPS) is 35.6. The number of Topliss-reactive ketones (excluding diaryl/α,β-unsaturated/α-hetero) is 2. The summed E-state index contributed by atoms with van der Waals surface area (Å²) in [6.45, 7) is 10.0. The highest BCUT2D eigenvalue weighted by atomic mass is 16.5. The molecule has 1 aliphatic heterocycles. The highest BCUT2D eigenvalue weighted by Crippen LogP contribution is 2.32. The number of ketones is 2. The molecule has 0 fully saturated rings. The Labute approximate surface area is 168 Å². The number of aliphatic hydroxyl groups excluding tert-OH is 2. The molecular weight excluding hydrogens is 360 g/mol. The number of ether oxygens (including phenoxy) is 1. The molecule has 0 saturated carbocycles. The Hall–Kier alpha value is -1.53. The van der Waals surface area contributed by atoms with Crippen molar-refractivity contribution in [2.24, 2.45) is 17.3 Å². The van der Waals surface area contributed by atoms with Gasteiger partial charge in [-0.15, -0.1) is 0 Å². The molecule has 1 aliphatic rings. The van der Waals surface area contributed by atoms with Crippen LogP contribution in [0.15, 0.2) is 11.6 Å². The van der Waals surface area contributed by atoms with Crippen LogP contribution in [0.2, 0.25) is 0 Å². The summed E-state index contributed by atoms with van der Waals surface area (Å²) in [6, 6.07) is 0. The number of hydrogen-bond acceptors (Lipinski definition) is 6. The molecule has 0 aromatic carbocycles. The van der Waals surface area contributed by atoms with Gasteiger partial charge >= 0.3 is 5.97 Å². The molecule has 6 heteroatoms. The molecule has 1 heterocycles. The Morgan fingerprint density at radius 1 is 1.21 bits per heavy atom. The van der Waals surface area contributed by atoms with Crippen LogP contribution in [0.5, 0.6) is 0 Å². The predicted molar refractivity (Wildman–Crippen MR) is 107 cm³/mol. The highest BCUT2D eigenvalue weighted by molar-refractivity contribution is 5.88. The average molecular weight is 397 g/mol. The van der Waals surface area contributed by atoms with Crippen molar-refractivity contribution in [2.45, 2.75) is 92.0 Å². The van der Waals surface area contributed by atoms with Gasteiger partial charge in [0, 0.05) is 12.3 Å². The Morgan fingerprint density at radius 3 is 2.39 bits per heavy atom. The summed E-state index contributed by atoms with van der Waals surface area (Å²) in [5.74, 6) is -1.99. The van der Waals surface area contributed by atoms with Crippen molar-refractivity contribution >= 4 is 17.5 Å². The van der Waals surface area contributed by atoms with E-state index in [0.717, 1.165) is 24.8 Å². The topological polar surface area (TPSA) is 101 Å². The van der Waals surface area contributed by atoms with E-state index in [0.29, 0.717) is 6.42 Å². The van der Waals surface area contributed by atoms with Crippen LogP contribution in [-0.2, 0) is 19.1 Å². The van der Waals surface area contributed by atoms with E-state index in [4.69, 9.17) is 4.74 Å². The Morgan fingerprint density at radius 2 is 1.82 bits per heavy atom. The van der Waals surface area contributed by atoms with Gasteiger partial charge in [0.1, 0.15) is 5.78 Å². The lowest BCUT2D eigenvalue weighted by Crippen LogP contribution is -2.45. The largest absolute Gasteiger partial charge is 0.454 e. The van der Waals surface area contributed by atoms with Gasteiger partial charge in [-0.05, 0) is 39.0 Å². The number of cyclic esters (lactones) is 1. The van der Waals surface area contributed by atoms with E-state index in [1.807, 2.05) is 19.9 Å². The molecule has 0 aromatic heterocycles. The van der Waals surface area contributed by atoms with Crippen molar-refractivity contribution in [3.63, 3.8) is 0 Å². The van der Waals surface area contributed by atoms with Gasteiger partial charge < -0.3 is 14.9 Å². The third kappa shape index (κ3) is 6.52. The van der Waals surface area contributed by atoms with Crippen LogP contribution in [0.25, 0.3) is 0 Å². The van der Waals surface area contributed by atoms with Gasteiger partial charge in [0.05, 0.1) is 24.0 Å². The summed E-state index contributed by atoms with van der Waals surface area (Å²) in [6.07, 6.45) is 1.25. The minimum absolute atomic E-state index is 0.0671. The molecule has 0 unspecified atom stereocenters. The van der Waals surface area contributed by atoms with Crippen molar-refractivity contribution in [3.8, 4) is 0 Å². The quantitative estimate of drug-likeness (QED) is 0.522. The second-order valence-electron chi connectivity index (χ2n) is 8.83. The fourth-order valence-electron chi connectivity index (χ4n) is 3.60. The summed E-state index contributed by atoms with van der Waals surface area (Å²) in [4.78, 5) is 37.0. The third-order valence-corrected chi connectivity index (χ3v) is 5.98. The molecule has 1 rings (SSSR count). The lowest BCUT2D eigenvalue weighted by Gasteiger charge is -2.34. The summed E-state index contributed by atoms with van der Waals surface area (Å²) < 4.78 is 5.27. The standard InChI is InChI=1S/C22H36O6/c1-13-8-7-9-14(2)20(26)15(3)21(27)22(5,6)18(24)12-19(25)28-17(11-10-13)16(4)23/h10,14-15,17-18,20,24,26H,7-9,11-12H2,1-6H3/b13-10-/t14-,15+,17-,18-,20-/m0/s1. The molecule has 160 valence electrons. The summed E-state index contributed by atoms with van der Waals surface area (Å²) >= 11 is 0. The maximum Gasteiger partial charge on any atom is 0.309 e. The van der Waals surface area contributed by atoms with Crippen LogP contribution in [0, 0.1) is 17.3 Å². The molecule has 28 heavy (non-hydrogen) atoms. The second-order valence-corrected chi connectivity index (χ2v) is 8.83. The molecule has 0 spiro atoms. The van der Waals surface area contributed by atoms with E-state index >= 15 is 0 Å². The summed E-state index contributed by atoms with van der Waals surface area (Å²) in [5, 5.41) is 21.1. The Kier molecular flexibility index (Phi) is 9.02. The third-order valence-electron chi connectivity index (χ3n) is 5.98. The lowest BCUT2D eigenvalue weighted by molar-refractivity contribution is -0.159. The zero-order valence-electron chi connectivity index (χ0n) is 18.0. The highest BCUT2D eigenvalue weighted by Gasteiger charge is 2.42. The van der Waals surface area contributed by atoms with Crippen LogP contribution in [0.4, 0.5) is 0 Å². The van der Waals surface area contributed by atoms with Gasteiger partial charge in [0.15, 0.2) is 11.9 Å². The van der Waals surface area contributed by atoms with Crippen LogP contribution < -0.4 is 0 Å². The first kappa shape index (κ1) is 24.5. The van der Waals surface area contributed by atoms with Gasteiger partial charge in [0.2, 0.25) is 0 Å². The molecule has 5 atom stereocenters. The van der Waals surface area contributed by atoms with E-state index in [1.54, 1.807) is 20.8 Å². The number of carbonyl (C=O) groups excluding carboxylic acids is 3. The van der Waals surface area contributed by atoms with Gasteiger partial charge in [-0.1, -0.05) is 39.3 Å². The van der Waals surface area contributed by atoms with Crippen molar-refractivity contribution < 1.29 is 29.3 Å². The van der Waals surface area contributed by atoms with Crippen LogP contribution >= 0.6 is 0 Å². The molecular formula is C22H36O6. The second kappa shape index (κ2) is 10.3. The van der Waals surface area contributed by atoms with E-state index in [2.05, 4.69) is 0 Å². The SMILES string of the molecule is CC(=O)[C@@H]1C/C=C(/C)CCC[C@H](C)[C@H](O)[C@@H](C)C(=O)C(C)(C)[C@@H](O)CC(=O)O1. The fourth-order valence-corrected chi connectivity index (χ4v) is 3.60. The number of rotatable bonds is 1. The number of carbonyl (C=O) groups is 3. The van der Waals surface area contributed by atoms with Gasteiger partial charge in [-0.25, -0.2) is 0 Å².